The number of hydroxylamine groups is 2. The molecule has 1 aromatic rings. The van der Waals surface area contributed by atoms with Gasteiger partial charge in [0.2, 0.25) is 0 Å². The summed E-state index contributed by atoms with van der Waals surface area (Å²) in [7, 11) is 0. The lowest BCUT2D eigenvalue weighted by Crippen LogP contribution is -2.33. The maximum absolute atomic E-state index is 12.0. The van der Waals surface area contributed by atoms with Gasteiger partial charge in [-0.25, -0.2) is 4.79 Å². The lowest BCUT2D eigenvalue weighted by atomic mass is 10.1. The van der Waals surface area contributed by atoms with Crippen LogP contribution >= 0.6 is 0 Å². The van der Waals surface area contributed by atoms with E-state index in [1.807, 2.05) is 13.8 Å². The van der Waals surface area contributed by atoms with Crippen LogP contribution in [-0.4, -0.2) is 36.1 Å². The molecule has 112 valence electrons. The van der Waals surface area contributed by atoms with Crippen molar-refractivity contribution in [2.24, 2.45) is 5.92 Å². The normalized spacial score (nSPS) is 13.8. The van der Waals surface area contributed by atoms with Gasteiger partial charge in [-0.1, -0.05) is 31.0 Å². The summed E-state index contributed by atoms with van der Waals surface area (Å²) in [5.41, 5.74) is 0.484. The van der Waals surface area contributed by atoms with Crippen LogP contribution in [0.3, 0.4) is 0 Å². The van der Waals surface area contributed by atoms with Crippen LogP contribution in [0.15, 0.2) is 24.3 Å². The number of nitrogens with zero attached hydrogens (tertiary/aromatic N) is 1. The van der Waals surface area contributed by atoms with Crippen molar-refractivity contribution in [3.8, 4) is 0 Å². The van der Waals surface area contributed by atoms with Gasteiger partial charge < -0.3 is 9.57 Å². The van der Waals surface area contributed by atoms with Gasteiger partial charge in [0.05, 0.1) is 24.2 Å². The number of ether oxygens (including phenoxy) is 1. The van der Waals surface area contributed by atoms with Gasteiger partial charge in [-0.15, -0.1) is 0 Å². The van der Waals surface area contributed by atoms with Gasteiger partial charge >= 0.3 is 5.97 Å². The number of hydrogen-bond donors (Lipinski definition) is 0. The highest BCUT2D eigenvalue weighted by atomic mass is 16.7. The van der Waals surface area contributed by atoms with Crippen molar-refractivity contribution in [1.82, 2.24) is 5.06 Å². The second kappa shape index (κ2) is 6.49. The fraction of sp³-hybridized carbons (Fsp3) is 0.400. The molecule has 0 fully saturated rings. The minimum absolute atomic E-state index is 0.0138. The van der Waals surface area contributed by atoms with E-state index in [9.17, 15) is 14.4 Å². The third kappa shape index (κ3) is 3.46. The molecule has 0 atom stereocenters. The highest BCUT2D eigenvalue weighted by Gasteiger charge is 2.38. The van der Waals surface area contributed by atoms with Crippen LogP contribution in [0, 0.1) is 5.92 Å². The minimum Gasteiger partial charge on any atom is -0.381 e. The molecule has 2 amide bonds. The second-order valence-electron chi connectivity index (χ2n) is 5.13. The van der Waals surface area contributed by atoms with Crippen molar-refractivity contribution in [2.75, 3.05) is 13.2 Å². The van der Waals surface area contributed by atoms with Crippen LogP contribution in [0.5, 0.6) is 0 Å². The van der Waals surface area contributed by atoms with Gasteiger partial charge in [0.1, 0.15) is 0 Å². The topological polar surface area (TPSA) is 72.9 Å². The van der Waals surface area contributed by atoms with Crippen molar-refractivity contribution >= 4 is 17.8 Å². The van der Waals surface area contributed by atoms with Crippen LogP contribution in [0.4, 0.5) is 0 Å². The molecule has 0 spiro atoms. The highest BCUT2D eigenvalue weighted by Crippen LogP contribution is 2.22. The third-order valence-electron chi connectivity index (χ3n) is 2.85. The van der Waals surface area contributed by atoms with Gasteiger partial charge in [-0.3, -0.25) is 9.59 Å². The lowest BCUT2D eigenvalue weighted by molar-refractivity contribution is -0.169. The standard InChI is InChI=1S/C15H17NO5/c1-10(2)9-20-8-7-13(17)21-16-14(18)11-5-3-4-6-12(11)15(16)19/h3-6,10H,7-9H2,1-2H3. The first-order chi connectivity index (χ1) is 10.0. The average molecular weight is 291 g/mol. The average Bonchev–Trinajstić information content (AvgIpc) is 2.69. The SMILES string of the molecule is CC(C)COCCC(=O)ON1C(=O)c2ccccc2C1=O. The molecule has 1 heterocycles. The molecular formula is C15H17NO5. The number of rotatable bonds is 6. The summed E-state index contributed by atoms with van der Waals surface area (Å²) in [6.45, 7) is 4.73. The zero-order chi connectivity index (χ0) is 15.4. The van der Waals surface area contributed by atoms with Crippen LogP contribution in [0.25, 0.3) is 0 Å². The first-order valence-corrected chi connectivity index (χ1v) is 6.77. The minimum atomic E-state index is -0.673. The molecule has 2 rings (SSSR count). The molecule has 21 heavy (non-hydrogen) atoms. The predicted molar refractivity (Wildman–Crippen MR) is 73.3 cm³/mol. The molecule has 0 bridgehead atoms. The monoisotopic (exact) mass is 291 g/mol. The van der Waals surface area contributed by atoms with E-state index >= 15 is 0 Å². The van der Waals surface area contributed by atoms with Crippen molar-refractivity contribution in [2.45, 2.75) is 20.3 Å². The van der Waals surface area contributed by atoms with Crippen molar-refractivity contribution in [1.29, 1.82) is 0 Å². The largest absolute Gasteiger partial charge is 0.381 e. The first kappa shape index (κ1) is 15.2. The number of hydrogen-bond acceptors (Lipinski definition) is 5. The van der Waals surface area contributed by atoms with E-state index in [0.717, 1.165) is 0 Å². The molecule has 6 heteroatoms. The fourth-order valence-electron chi connectivity index (χ4n) is 1.87. The third-order valence-corrected chi connectivity index (χ3v) is 2.85. The molecule has 0 saturated carbocycles. The molecule has 0 aromatic heterocycles. The van der Waals surface area contributed by atoms with Crippen LogP contribution in [-0.2, 0) is 14.4 Å². The van der Waals surface area contributed by atoms with Crippen LogP contribution in [0.2, 0.25) is 0 Å². The molecule has 1 aliphatic rings. The Kier molecular flexibility index (Phi) is 4.70. The first-order valence-electron chi connectivity index (χ1n) is 6.77. The van der Waals surface area contributed by atoms with Gasteiger partial charge in [0.15, 0.2) is 0 Å². The molecule has 1 aliphatic heterocycles. The highest BCUT2D eigenvalue weighted by molar-refractivity contribution is 6.20. The summed E-state index contributed by atoms with van der Waals surface area (Å²) in [5.74, 6) is -1.54. The molecular weight excluding hydrogens is 274 g/mol. The van der Waals surface area contributed by atoms with E-state index in [2.05, 4.69) is 0 Å². The zero-order valence-electron chi connectivity index (χ0n) is 12.0. The Bertz CT molecular complexity index is 532. The van der Waals surface area contributed by atoms with Crippen molar-refractivity contribution in [3.63, 3.8) is 0 Å². The Morgan fingerprint density at radius 1 is 1.14 bits per heavy atom. The molecule has 0 saturated heterocycles. The fourth-order valence-corrected chi connectivity index (χ4v) is 1.87. The Morgan fingerprint density at radius 3 is 2.24 bits per heavy atom. The molecule has 6 nitrogen and oxygen atoms in total. The maximum Gasteiger partial charge on any atom is 0.335 e. The number of carbonyl (C=O) groups excluding carboxylic acids is 3. The van der Waals surface area contributed by atoms with E-state index < -0.39 is 17.8 Å². The summed E-state index contributed by atoms with van der Waals surface area (Å²) in [5, 5.41) is 0.509. The maximum atomic E-state index is 12.0. The molecule has 0 aliphatic carbocycles. The van der Waals surface area contributed by atoms with E-state index in [1.165, 1.54) is 12.1 Å². The van der Waals surface area contributed by atoms with E-state index in [-0.39, 0.29) is 24.2 Å². The van der Waals surface area contributed by atoms with Gasteiger partial charge in [0, 0.05) is 6.61 Å². The van der Waals surface area contributed by atoms with Crippen molar-refractivity contribution in [3.05, 3.63) is 35.4 Å². The predicted octanol–water partition coefficient (Wildman–Crippen LogP) is 1.80. The Morgan fingerprint density at radius 2 is 1.71 bits per heavy atom. The number of fused-ring (bicyclic) bond motifs is 1. The Labute approximate surface area is 122 Å². The second-order valence-corrected chi connectivity index (χ2v) is 5.13. The summed E-state index contributed by atoms with van der Waals surface area (Å²) in [6.07, 6.45) is -0.0138. The Balaban J connectivity index is 1.88. The van der Waals surface area contributed by atoms with Crippen LogP contribution < -0.4 is 0 Å². The summed E-state index contributed by atoms with van der Waals surface area (Å²) >= 11 is 0. The molecule has 1 aromatic carbocycles. The van der Waals surface area contributed by atoms with Crippen molar-refractivity contribution < 1.29 is 24.0 Å². The van der Waals surface area contributed by atoms with Crippen LogP contribution in [0.1, 0.15) is 41.0 Å². The summed E-state index contributed by atoms with van der Waals surface area (Å²) in [6, 6.07) is 6.34. The molecule has 0 radical (unpaired) electrons. The summed E-state index contributed by atoms with van der Waals surface area (Å²) < 4.78 is 5.26. The van der Waals surface area contributed by atoms with E-state index in [0.29, 0.717) is 17.6 Å². The van der Waals surface area contributed by atoms with E-state index in [4.69, 9.17) is 9.57 Å². The Hall–Kier alpha value is -2.21. The lowest BCUT2D eigenvalue weighted by Gasteiger charge is -2.13. The smallest absolute Gasteiger partial charge is 0.335 e. The van der Waals surface area contributed by atoms with Gasteiger partial charge in [-0.05, 0) is 18.1 Å². The van der Waals surface area contributed by atoms with Gasteiger partial charge in [-0.2, -0.15) is 0 Å². The summed E-state index contributed by atoms with van der Waals surface area (Å²) in [4.78, 5) is 40.4. The van der Waals surface area contributed by atoms with Gasteiger partial charge in [0.25, 0.3) is 11.8 Å². The molecule has 0 unspecified atom stereocenters. The molecule has 0 N–H and O–H groups in total. The van der Waals surface area contributed by atoms with E-state index in [1.54, 1.807) is 12.1 Å². The quantitative estimate of drug-likeness (QED) is 0.590. The number of imide groups is 1. The number of benzene rings is 1. The zero-order valence-corrected chi connectivity index (χ0v) is 12.0. The number of carbonyl (C=O) groups is 3. The number of amides is 2.